The molecule has 0 aromatic carbocycles. The summed E-state index contributed by atoms with van der Waals surface area (Å²) in [6.07, 6.45) is 10.8. The highest BCUT2D eigenvalue weighted by Gasteiger charge is 2.32. The lowest BCUT2D eigenvalue weighted by Gasteiger charge is -2.37. The number of unbranched alkanes of at least 4 members (excludes halogenated alkanes) is 3. The Morgan fingerprint density at radius 3 is 2.44 bits per heavy atom. The van der Waals surface area contributed by atoms with E-state index < -0.39 is 6.09 Å². The van der Waals surface area contributed by atoms with Crippen LogP contribution in [0.1, 0.15) is 71.1 Å². The van der Waals surface area contributed by atoms with E-state index in [9.17, 15) is 4.79 Å². The van der Waals surface area contributed by atoms with Crippen LogP contribution < -0.4 is 5.32 Å². The molecule has 0 aromatic heterocycles. The van der Waals surface area contributed by atoms with Gasteiger partial charge in [-0.3, -0.25) is 0 Å². The van der Waals surface area contributed by atoms with Crippen LogP contribution in [-0.4, -0.2) is 16.7 Å². The van der Waals surface area contributed by atoms with Crippen LogP contribution in [0.15, 0.2) is 0 Å². The molecule has 2 N–H and O–H groups in total. The summed E-state index contributed by atoms with van der Waals surface area (Å²) < 4.78 is 0. The fourth-order valence-electron chi connectivity index (χ4n) is 2.78. The van der Waals surface area contributed by atoms with Crippen molar-refractivity contribution in [1.82, 2.24) is 5.32 Å². The van der Waals surface area contributed by atoms with E-state index in [-0.39, 0.29) is 5.54 Å². The van der Waals surface area contributed by atoms with Gasteiger partial charge in [0.1, 0.15) is 0 Å². The van der Waals surface area contributed by atoms with Gasteiger partial charge >= 0.3 is 6.09 Å². The Bertz CT molecular complexity index is 210. The van der Waals surface area contributed by atoms with E-state index in [2.05, 4.69) is 12.2 Å². The fraction of sp³-hybridized carbons (Fsp3) is 0.923. The Balaban J connectivity index is 2.39. The number of carbonyl (C=O) groups is 1. The van der Waals surface area contributed by atoms with E-state index in [4.69, 9.17) is 5.11 Å². The minimum atomic E-state index is -0.850. The zero-order valence-corrected chi connectivity index (χ0v) is 10.4. The predicted octanol–water partition coefficient (Wildman–Crippen LogP) is 3.93. The normalized spacial score (nSPS) is 19.3. The predicted molar refractivity (Wildman–Crippen MR) is 65.7 cm³/mol. The zero-order chi connectivity index (χ0) is 11.9. The van der Waals surface area contributed by atoms with Crippen molar-refractivity contribution in [3.63, 3.8) is 0 Å². The van der Waals surface area contributed by atoms with Crippen LogP contribution >= 0.6 is 0 Å². The smallest absolute Gasteiger partial charge is 0.405 e. The van der Waals surface area contributed by atoms with Gasteiger partial charge in [-0.15, -0.1) is 0 Å². The minimum absolute atomic E-state index is 0.0994. The van der Waals surface area contributed by atoms with Crippen LogP contribution in [0.3, 0.4) is 0 Å². The van der Waals surface area contributed by atoms with Gasteiger partial charge in [-0.2, -0.15) is 0 Å². The van der Waals surface area contributed by atoms with Crippen molar-refractivity contribution in [2.45, 2.75) is 76.7 Å². The summed E-state index contributed by atoms with van der Waals surface area (Å²) in [4.78, 5) is 10.9. The summed E-state index contributed by atoms with van der Waals surface area (Å²) in [6, 6.07) is 0. The van der Waals surface area contributed by atoms with Crippen molar-refractivity contribution < 1.29 is 9.90 Å². The molecule has 0 unspecified atom stereocenters. The Labute approximate surface area is 98.6 Å². The summed E-state index contributed by atoms with van der Waals surface area (Å²) in [5.41, 5.74) is -0.0994. The fourth-order valence-corrected chi connectivity index (χ4v) is 2.78. The molecule has 0 aliphatic heterocycles. The van der Waals surface area contributed by atoms with Crippen molar-refractivity contribution >= 4 is 6.09 Å². The molecule has 0 atom stereocenters. The third kappa shape index (κ3) is 4.42. The number of hydrogen-bond donors (Lipinski definition) is 2. The molecule has 1 amide bonds. The van der Waals surface area contributed by atoms with Gasteiger partial charge in [-0.25, -0.2) is 4.79 Å². The molecule has 16 heavy (non-hydrogen) atoms. The summed E-state index contributed by atoms with van der Waals surface area (Å²) in [5, 5.41) is 11.7. The van der Waals surface area contributed by atoms with Gasteiger partial charge in [0.2, 0.25) is 0 Å². The van der Waals surface area contributed by atoms with E-state index in [1.807, 2.05) is 0 Å². The SMILES string of the molecule is CCCCCCC1(NC(=O)O)CCCCC1. The lowest BCUT2D eigenvalue weighted by atomic mass is 9.78. The molecule has 1 saturated carbocycles. The number of amides is 1. The quantitative estimate of drug-likeness (QED) is 0.675. The summed E-state index contributed by atoms with van der Waals surface area (Å²) in [7, 11) is 0. The molecule has 3 nitrogen and oxygen atoms in total. The van der Waals surface area contributed by atoms with Gasteiger partial charge in [0.05, 0.1) is 0 Å². The van der Waals surface area contributed by atoms with Crippen molar-refractivity contribution in [2.24, 2.45) is 0 Å². The monoisotopic (exact) mass is 227 g/mol. The van der Waals surface area contributed by atoms with E-state index in [0.717, 1.165) is 25.7 Å². The van der Waals surface area contributed by atoms with Crippen molar-refractivity contribution in [2.75, 3.05) is 0 Å². The maximum absolute atomic E-state index is 10.9. The van der Waals surface area contributed by atoms with Crippen LogP contribution in [0.25, 0.3) is 0 Å². The molecule has 0 saturated heterocycles. The first-order valence-electron chi connectivity index (χ1n) is 6.70. The van der Waals surface area contributed by atoms with Gasteiger partial charge in [0.25, 0.3) is 0 Å². The average molecular weight is 227 g/mol. The van der Waals surface area contributed by atoms with E-state index in [0.29, 0.717) is 0 Å². The molecule has 0 heterocycles. The molecule has 1 fully saturated rings. The molecule has 0 bridgehead atoms. The van der Waals surface area contributed by atoms with E-state index in [1.165, 1.54) is 38.5 Å². The minimum Gasteiger partial charge on any atom is -0.465 e. The van der Waals surface area contributed by atoms with Gasteiger partial charge in [0.15, 0.2) is 0 Å². The van der Waals surface area contributed by atoms with Gasteiger partial charge in [0, 0.05) is 5.54 Å². The Morgan fingerprint density at radius 2 is 1.88 bits per heavy atom. The summed E-state index contributed by atoms with van der Waals surface area (Å²) in [5.74, 6) is 0. The first kappa shape index (κ1) is 13.3. The second-order valence-electron chi connectivity index (χ2n) is 5.08. The Hall–Kier alpha value is -0.730. The van der Waals surface area contributed by atoms with Crippen molar-refractivity contribution in [3.8, 4) is 0 Å². The van der Waals surface area contributed by atoms with Crippen LogP contribution in [-0.2, 0) is 0 Å². The van der Waals surface area contributed by atoms with Crippen LogP contribution in [0.4, 0.5) is 4.79 Å². The van der Waals surface area contributed by atoms with Crippen LogP contribution in [0.5, 0.6) is 0 Å². The van der Waals surface area contributed by atoms with Gasteiger partial charge < -0.3 is 10.4 Å². The number of rotatable bonds is 6. The molecule has 1 aliphatic rings. The number of carboxylic acid groups (broad SMARTS) is 1. The molecular formula is C13H25NO2. The average Bonchev–Trinajstić information content (AvgIpc) is 2.25. The van der Waals surface area contributed by atoms with Crippen LogP contribution in [0, 0.1) is 0 Å². The third-order valence-corrected chi connectivity index (χ3v) is 3.69. The number of hydrogen-bond acceptors (Lipinski definition) is 1. The van der Waals surface area contributed by atoms with Crippen molar-refractivity contribution in [1.29, 1.82) is 0 Å². The number of nitrogens with one attached hydrogen (secondary N) is 1. The topological polar surface area (TPSA) is 49.3 Å². The van der Waals surface area contributed by atoms with Gasteiger partial charge in [-0.1, -0.05) is 51.9 Å². The maximum Gasteiger partial charge on any atom is 0.405 e. The lowest BCUT2D eigenvalue weighted by Crippen LogP contribution is -2.49. The highest BCUT2D eigenvalue weighted by atomic mass is 16.4. The zero-order valence-electron chi connectivity index (χ0n) is 10.4. The largest absolute Gasteiger partial charge is 0.465 e. The standard InChI is InChI=1S/C13H25NO2/c1-2-3-4-6-9-13(14-12(15)16)10-7-5-8-11-13/h14H,2-11H2,1H3,(H,15,16). The molecular weight excluding hydrogens is 202 g/mol. The lowest BCUT2D eigenvalue weighted by molar-refractivity contribution is 0.156. The Kier molecular flexibility index (Phi) is 5.64. The summed E-state index contributed by atoms with van der Waals surface area (Å²) in [6.45, 7) is 2.20. The van der Waals surface area contributed by atoms with E-state index in [1.54, 1.807) is 0 Å². The van der Waals surface area contributed by atoms with Gasteiger partial charge in [-0.05, 0) is 19.3 Å². The second kappa shape index (κ2) is 6.77. The summed E-state index contributed by atoms with van der Waals surface area (Å²) >= 11 is 0. The maximum atomic E-state index is 10.9. The van der Waals surface area contributed by atoms with E-state index >= 15 is 0 Å². The molecule has 0 aromatic rings. The molecule has 1 aliphatic carbocycles. The Morgan fingerprint density at radius 1 is 1.19 bits per heavy atom. The first-order chi connectivity index (χ1) is 7.68. The van der Waals surface area contributed by atoms with Crippen molar-refractivity contribution in [3.05, 3.63) is 0 Å². The molecule has 1 rings (SSSR count). The third-order valence-electron chi connectivity index (χ3n) is 3.69. The highest BCUT2D eigenvalue weighted by molar-refractivity contribution is 5.65. The molecule has 0 spiro atoms. The first-order valence-corrected chi connectivity index (χ1v) is 6.70. The second-order valence-corrected chi connectivity index (χ2v) is 5.08. The molecule has 94 valence electrons. The molecule has 3 heteroatoms. The highest BCUT2D eigenvalue weighted by Crippen LogP contribution is 2.32. The molecule has 0 radical (unpaired) electrons. The van der Waals surface area contributed by atoms with Crippen LogP contribution in [0.2, 0.25) is 0 Å².